The van der Waals surface area contributed by atoms with Crippen LogP contribution in [0.15, 0.2) is 33.2 Å². The Hall–Kier alpha value is -0.160. The van der Waals surface area contributed by atoms with E-state index in [2.05, 4.69) is 70.0 Å². The molecule has 1 aromatic carbocycles. The van der Waals surface area contributed by atoms with E-state index < -0.39 is 0 Å². The fraction of sp³-hybridized carbons (Fsp3) is 0.231. The summed E-state index contributed by atoms with van der Waals surface area (Å²) in [5, 5.41) is 0. The van der Waals surface area contributed by atoms with E-state index in [4.69, 9.17) is 5.73 Å². The van der Waals surface area contributed by atoms with Gasteiger partial charge >= 0.3 is 0 Å². The van der Waals surface area contributed by atoms with Gasteiger partial charge in [-0.25, -0.2) is 0 Å². The Kier molecular flexibility index (Phi) is 4.08. The fourth-order valence-corrected chi connectivity index (χ4v) is 4.17. The molecule has 2 aromatic rings. The lowest BCUT2D eigenvalue weighted by Crippen LogP contribution is -2.11. The number of rotatable bonds is 2. The minimum Gasteiger partial charge on any atom is -0.320 e. The average molecular weight is 375 g/mol. The summed E-state index contributed by atoms with van der Waals surface area (Å²) < 4.78 is 2.16. The number of halogens is 2. The highest BCUT2D eigenvalue weighted by molar-refractivity contribution is 9.10. The Bertz CT molecular complexity index is 548. The van der Waals surface area contributed by atoms with Crippen molar-refractivity contribution in [3.05, 3.63) is 54.1 Å². The molecule has 4 heteroatoms. The molecule has 2 N–H and O–H groups in total. The van der Waals surface area contributed by atoms with Crippen LogP contribution in [0.1, 0.15) is 26.9 Å². The molecule has 90 valence electrons. The standard InChI is InChI=1S/C13H13Br2NS/c1-7-3-4-10(14)9(5-7)12(16)13-11(15)6-8(2)17-13/h3-6,12H,16H2,1-2H3. The van der Waals surface area contributed by atoms with Gasteiger partial charge in [-0.15, -0.1) is 11.3 Å². The Morgan fingerprint density at radius 3 is 2.41 bits per heavy atom. The number of nitrogens with two attached hydrogens (primary N) is 1. The predicted molar refractivity (Wildman–Crippen MR) is 81.7 cm³/mol. The molecule has 1 unspecified atom stereocenters. The van der Waals surface area contributed by atoms with Crippen LogP contribution in [-0.2, 0) is 0 Å². The number of thiophene rings is 1. The monoisotopic (exact) mass is 373 g/mol. The van der Waals surface area contributed by atoms with Crippen LogP contribution in [0.4, 0.5) is 0 Å². The van der Waals surface area contributed by atoms with Gasteiger partial charge in [0.1, 0.15) is 0 Å². The van der Waals surface area contributed by atoms with Gasteiger partial charge in [0.2, 0.25) is 0 Å². The Morgan fingerprint density at radius 2 is 1.82 bits per heavy atom. The molecule has 0 aliphatic carbocycles. The van der Waals surface area contributed by atoms with E-state index in [-0.39, 0.29) is 6.04 Å². The van der Waals surface area contributed by atoms with Crippen molar-refractivity contribution >= 4 is 43.2 Å². The zero-order chi connectivity index (χ0) is 12.6. The van der Waals surface area contributed by atoms with E-state index >= 15 is 0 Å². The van der Waals surface area contributed by atoms with Gasteiger partial charge in [0.05, 0.1) is 6.04 Å². The van der Waals surface area contributed by atoms with E-state index in [1.807, 2.05) is 0 Å². The molecule has 1 heterocycles. The third-order valence-corrected chi connectivity index (χ3v) is 5.38. The van der Waals surface area contributed by atoms with Gasteiger partial charge in [-0.3, -0.25) is 0 Å². The minimum atomic E-state index is -0.0858. The maximum absolute atomic E-state index is 6.35. The second kappa shape index (κ2) is 5.22. The smallest absolute Gasteiger partial charge is 0.0668 e. The SMILES string of the molecule is Cc1ccc(Br)c(C(N)c2sc(C)cc2Br)c1. The largest absolute Gasteiger partial charge is 0.320 e. The highest BCUT2D eigenvalue weighted by atomic mass is 79.9. The van der Waals surface area contributed by atoms with Crippen LogP contribution < -0.4 is 5.73 Å². The third kappa shape index (κ3) is 2.81. The molecule has 0 radical (unpaired) electrons. The predicted octanol–water partition coefficient (Wildman–Crippen LogP) is 4.94. The minimum absolute atomic E-state index is 0.0858. The lowest BCUT2D eigenvalue weighted by molar-refractivity contribution is 0.881. The van der Waals surface area contributed by atoms with Crippen molar-refractivity contribution in [1.82, 2.24) is 0 Å². The van der Waals surface area contributed by atoms with Gasteiger partial charge in [0.15, 0.2) is 0 Å². The van der Waals surface area contributed by atoms with Crippen LogP contribution in [0.3, 0.4) is 0 Å². The molecule has 0 aliphatic heterocycles. The van der Waals surface area contributed by atoms with Crippen LogP contribution in [0, 0.1) is 13.8 Å². The van der Waals surface area contributed by atoms with Crippen molar-refractivity contribution in [1.29, 1.82) is 0 Å². The van der Waals surface area contributed by atoms with Gasteiger partial charge in [-0.2, -0.15) is 0 Å². The fourth-order valence-electron chi connectivity index (χ4n) is 1.76. The quantitative estimate of drug-likeness (QED) is 0.791. The highest BCUT2D eigenvalue weighted by Gasteiger charge is 2.17. The first-order valence-electron chi connectivity index (χ1n) is 5.26. The lowest BCUT2D eigenvalue weighted by Gasteiger charge is -2.14. The molecule has 2 rings (SSSR count). The molecule has 1 nitrogen and oxygen atoms in total. The summed E-state index contributed by atoms with van der Waals surface area (Å²) in [6, 6.07) is 8.30. The summed E-state index contributed by atoms with van der Waals surface area (Å²) in [5.41, 5.74) is 8.71. The van der Waals surface area contributed by atoms with E-state index in [1.54, 1.807) is 11.3 Å². The summed E-state index contributed by atoms with van der Waals surface area (Å²) in [7, 11) is 0. The summed E-state index contributed by atoms with van der Waals surface area (Å²) >= 11 is 8.88. The molecule has 0 saturated carbocycles. The Morgan fingerprint density at radius 1 is 1.12 bits per heavy atom. The second-order valence-electron chi connectivity index (χ2n) is 4.07. The number of hydrogen-bond acceptors (Lipinski definition) is 2. The van der Waals surface area contributed by atoms with Gasteiger partial charge in [0.25, 0.3) is 0 Å². The number of benzene rings is 1. The summed E-state index contributed by atoms with van der Waals surface area (Å²) in [6.07, 6.45) is 0. The Balaban J connectivity index is 2.46. The zero-order valence-electron chi connectivity index (χ0n) is 9.63. The molecular formula is C13H13Br2NS. The molecular weight excluding hydrogens is 362 g/mol. The molecule has 0 bridgehead atoms. The molecule has 1 atom stereocenters. The van der Waals surface area contributed by atoms with Crippen molar-refractivity contribution in [2.75, 3.05) is 0 Å². The van der Waals surface area contributed by atoms with Gasteiger partial charge in [0, 0.05) is 18.7 Å². The first kappa shape index (κ1) is 13.3. The maximum atomic E-state index is 6.35. The third-order valence-electron chi connectivity index (χ3n) is 2.61. The van der Waals surface area contributed by atoms with E-state index in [0.29, 0.717) is 0 Å². The summed E-state index contributed by atoms with van der Waals surface area (Å²) in [4.78, 5) is 2.44. The molecule has 0 fully saturated rings. The van der Waals surface area contributed by atoms with E-state index in [9.17, 15) is 0 Å². The van der Waals surface area contributed by atoms with Crippen LogP contribution in [0.2, 0.25) is 0 Å². The second-order valence-corrected chi connectivity index (χ2v) is 7.07. The molecule has 0 amide bonds. The molecule has 0 aliphatic rings. The van der Waals surface area contributed by atoms with Gasteiger partial charge < -0.3 is 5.73 Å². The highest BCUT2D eigenvalue weighted by Crippen LogP contribution is 2.36. The van der Waals surface area contributed by atoms with Crippen molar-refractivity contribution in [3.63, 3.8) is 0 Å². The number of hydrogen-bond donors (Lipinski definition) is 1. The summed E-state index contributed by atoms with van der Waals surface area (Å²) in [6.45, 7) is 4.17. The summed E-state index contributed by atoms with van der Waals surface area (Å²) in [5.74, 6) is 0. The van der Waals surface area contributed by atoms with Gasteiger partial charge in [-0.1, -0.05) is 33.6 Å². The lowest BCUT2D eigenvalue weighted by atomic mass is 10.0. The van der Waals surface area contributed by atoms with E-state index in [0.717, 1.165) is 14.5 Å². The average Bonchev–Trinajstić information content (AvgIpc) is 2.60. The number of aryl methyl sites for hydroxylation is 2. The van der Waals surface area contributed by atoms with Crippen LogP contribution in [-0.4, -0.2) is 0 Å². The first-order valence-corrected chi connectivity index (χ1v) is 7.66. The van der Waals surface area contributed by atoms with Crippen molar-refractivity contribution in [2.24, 2.45) is 5.73 Å². The Labute approximate surface area is 122 Å². The maximum Gasteiger partial charge on any atom is 0.0668 e. The molecule has 0 spiro atoms. The van der Waals surface area contributed by atoms with Crippen molar-refractivity contribution in [3.8, 4) is 0 Å². The van der Waals surface area contributed by atoms with Gasteiger partial charge in [-0.05, 0) is 47.5 Å². The van der Waals surface area contributed by atoms with Crippen molar-refractivity contribution in [2.45, 2.75) is 19.9 Å². The van der Waals surface area contributed by atoms with E-state index in [1.165, 1.54) is 15.3 Å². The molecule has 0 saturated heterocycles. The van der Waals surface area contributed by atoms with Crippen LogP contribution in [0.5, 0.6) is 0 Å². The topological polar surface area (TPSA) is 26.0 Å². The molecule has 1 aromatic heterocycles. The first-order chi connectivity index (χ1) is 7.99. The van der Waals surface area contributed by atoms with Crippen LogP contribution in [0.25, 0.3) is 0 Å². The van der Waals surface area contributed by atoms with Crippen LogP contribution >= 0.6 is 43.2 Å². The zero-order valence-corrected chi connectivity index (χ0v) is 13.6. The molecule has 17 heavy (non-hydrogen) atoms. The van der Waals surface area contributed by atoms with Crippen molar-refractivity contribution < 1.29 is 0 Å². The normalized spacial score (nSPS) is 12.8.